The van der Waals surface area contributed by atoms with Crippen LogP contribution in [0.25, 0.3) is 11.3 Å². The van der Waals surface area contributed by atoms with Gasteiger partial charge in [0.2, 0.25) is 0 Å². The SMILES string of the molecule is O=C(NC1CCN(C2CCSCC2)CC1)c1cc(-c2ccccc2O)n[nH]1. The number of aromatic hydroxyl groups is 1. The second-order valence-corrected chi connectivity index (χ2v) is 8.54. The first-order valence-corrected chi connectivity index (χ1v) is 10.8. The Kier molecular flexibility index (Phi) is 5.69. The number of rotatable bonds is 4. The summed E-state index contributed by atoms with van der Waals surface area (Å²) in [5, 5.41) is 20.1. The topological polar surface area (TPSA) is 81.2 Å². The third kappa shape index (κ3) is 4.30. The summed E-state index contributed by atoms with van der Waals surface area (Å²) in [4.78, 5) is 15.2. The maximum atomic E-state index is 12.6. The summed E-state index contributed by atoms with van der Waals surface area (Å²) in [6.45, 7) is 2.12. The zero-order valence-corrected chi connectivity index (χ0v) is 16.2. The third-order valence-electron chi connectivity index (χ3n) is 5.57. The molecule has 0 aliphatic carbocycles. The number of H-pyrrole nitrogens is 1. The highest BCUT2D eigenvalue weighted by Gasteiger charge is 2.27. The van der Waals surface area contributed by atoms with E-state index in [-0.39, 0.29) is 17.7 Å². The molecule has 3 heterocycles. The number of likely N-dealkylation sites (tertiary alicyclic amines) is 1. The second-order valence-electron chi connectivity index (χ2n) is 7.31. The van der Waals surface area contributed by atoms with Gasteiger partial charge < -0.3 is 15.3 Å². The third-order valence-corrected chi connectivity index (χ3v) is 6.62. The van der Waals surface area contributed by atoms with Crippen LogP contribution in [-0.2, 0) is 0 Å². The van der Waals surface area contributed by atoms with Gasteiger partial charge in [0, 0.05) is 30.7 Å². The lowest BCUT2D eigenvalue weighted by Crippen LogP contribution is -2.48. The maximum absolute atomic E-state index is 12.6. The van der Waals surface area contributed by atoms with Gasteiger partial charge in [0.05, 0.1) is 5.69 Å². The van der Waals surface area contributed by atoms with Crippen molar-refractivity contribution in [2.45, 2.75) is 37.8 Å². The summed E-state index contributed by atoms with van der Waals surface area (Å²) in [6, 6.07) is 9.63. The van der Waals surface area contributed by atoms with Gasteiger partial charge in [-0.1, -0.05) is 12.1 Å². The van der Waals surface area contributed by atoms with Crippen LogP contribution >= 0.6 is 11.8 Å². The summed E-state index contributed by atoms with van der Waals surface area (Å²) in [5.74, 6) is 2.59. The molecule has 6 nitrogen and oxygen atoms in total. The van der Waals surface area contributed by atoms with Gasteiger partial charge in [-0.3, -0.25) is 9.89 Å². The molecule has 2 fully saturated rings. The first-order chi connectivity index (χ1) is 13.2. The van der Waals surface area contributed by atoms with E-state index in [0.717, 1.165) is 32.0 Å². The van der Waals surface area contributed by atoms with Gasteiger partial charge in [0.15, 0.2) is 0 Å². The van der Waals surface area contributed by atoms with E-state index in [9.17, 15) is 9.90 Å². The Bertz CT molecular complexity index is 780. The fourth-order valence-corrected chi connectivity index (χ4v) is 5.07. The fraction of sp³-hybridized carbons (Fsp3) is 0.500. The normalized spacial score (nSPS) is 19.9. The number of thioether (sulfide) groups is 1. The molecule has 2 aliphatic rings. The van der Waals surface area contributed by atoms with Crippen molar-refractivity contribution in [1.82, 2.24) is 20.4 Å². The lowest BCUT2D eigenvalue weighted by molar-refractivity contribution is 0.0881. The summed E-state index contributed by atoms with van der Waals surface area (Å²) < 4.78 is 0. The monoisotopic (exact) mass is 386 g/mol. The van der Waals surface area contributed by atoms with Crippen LogP contribution in [0, 0.1) is 0 Å². The van der Waals surface area contributed by atoms with Crippen molar-refractivity contribution in [1.29, 1.82) is 0 Å². The molecule has 0 radical (unpaired) electrons. The molecule has 0 unspecified atom stereocenters. The van der Waals surface area contributed by atoms with Crippen molar-refractivity contribution in [2.24, 2.45) is 0 Å². The number of nitrogens with one attached hydrogen (secondary N) is 2. The number of phenolic OH excluding ortho intramolecular Hbond substituents is 1. The Hall–Kier alpha value is -1.99. The van der Waals surface area contributed by atoms with Gasteiger partial charge in [-0.05, 0) is 55.4 Å². The lowest BCUT2D eigenvalue weighted by atomic mass is 10.0. The smallest absolute Gasteiger partial charge is 0.269 e. The van der Waals surface area contributed by atoms with Crippen LogP contribution in [0.5, 0.6) is 5.75 Å². The van der Waals surface area contributed by atoms with Crippen LogP contribution in [-0.4, -0.2) is 62.8 Å². The predicted molar refractivity (Wildman–Crippen MR) is 108 cm³/mol. The van der Waals surface area contributed by atoms with Crippen LogP contribution in [0.15, 0.2) is 30.3 Å². The molecule has 0 saturated carbocycles. The van der Waals surface area contributed by atoms with E-state index in [0.29, 0.717) is 17.0 Å². The minimum absolute atomic E-state index is 0.128. The molecule has 144 valence electrons. The standard InChI is InChI=1S/C20H26N4O2S/c25-19-4-2-1-3-16(19)17-13-18(23-22-17)20(26)21-14-5-9-24(10-6-14)15-7-11-27-12-8-15/h1-4,13-15,25H,5-12H2,(H,21,26)(H,22,23). The first kappa shape index (κ1) is 18.4. The average Bonchev–Trinajstić information content (AvgIpc) is 3.20. The number of piperidine rings is 1. The zero-order chi connectivity index (χ0) is 18.6. The number of aromatic amines is 1. The quantitative estimate of drug-likeness (QED) is 0.753. The molecule has 2 aliphatic heterocycles. The number of phenols is 1. The molecule has 3 N–H and O–H groups in total. The molecule has 1 amide bonds. The molecular weight excluding hydrogens is 360 g/mol. The molecule has 0 atom stereocenters. The summed E-state index contributed by atoms with van der Waals surface area (Å²) in [6.07, 6.45) is 4.58. The second kappa shape index (κ2) is 8.35. The van der Waals surface area contributed by atoms with Gasteiger partial charge >= 0.3 is 0 Å². The molecule has 0 bridgehead atoms. The number of amides is 1. The average molecular weight is 387 g/mol. The van der Waals surface area contributed by atoms with E-state index in [1.807, 2.05) is 6.07 Å². The van der Waals surface area contributed by atoms with Crippen molar-refractivity contribution < 1.29 is 9.90 Å². The highest BCUT2D eigenvalue weighted by molar-refractivity contribution is 7.99. The van der Waals surface area contributed by atoms with Crippen LogP contribution in [0.1, 0.15) is 36.2 Å². The number of aromatic nitrogens is 2. The molecule has 4 rings (SSSR count). The van der Waals surface area contributed by atoms with Crippen molar-refractivity contribution in [3.63, 3.8) is 0 Å². The molecule has 1 aromatic carbocycles. The highest BCUT2D eigenvalue weighted by atomic mass is 32.2. The maximum Gasteiger partial charge on any atom is 0.269 e. The summed E-state index contributed by atoms with van der Waals surface area (Å²) in [7, 11) is 0. The number of para-hydroxylation sites is 1. The van der Waals surface area contributed by atoms with Gasteiger partial charge in [0.25, 0.3) is 5.91 Å². The molecule has 27 heavy (non-hydrogen) atoms. The minimum Gasteiger partial charge on any atom is -0.507 e. The van der Waals surface area contributed by atoms with Crippen LogP contribution in [0.4, 0.5) is 0 Å². The Morgan fingerprint density at radius 3 is 2.67 bits per heavy atom. The van der Waals surface area contributed by atoms with E-state index in [1.165, 1.54) is 24.3 Å². The van der Waals surface area contributed by atoms with E-state index < -0.39 is 0 Å². The van der Waals surface area contributed by atoms with E-state index in [2.05, 4.69) is 32.2 Å². The highest BCUT2D eigenvalue weighted by Crippen LogP contribution is 2.27. The molecule has 2 aromatic rings. The lowest BCUT2D eigenvalue weighted by Gasteiger charge is -2.39. The Morgan fingerprint density at radius 2 is 1.93 bits per heavy atom. The van der Waals surface area contributed by atoms with E-state index >= 15 is 0 Å². The number of carbonyl (C=O) groups excluding carboxylic acids is 1. The Morgan fingerprint density at radius 1 is 1.19 bits per heavy atom. The van der Waals surface area contributed by atoms with E-state index in [1.54, 1.807) is 24.3 Å². The van der Waals surface area contributed by atoms with Crippen LogP contribution < -0.4 is 5.32 Å². The van der Waals surface area contributed by atoms with Gasteiger partial charge in [0.1, 0.15) is 11.4 Å². The largest absolute Gasteiger partial charge is 0.507 e. The van der Waals surface area contributed by atoms with E-state index in [4.69, 9.17) is 0 Å². The Labute approximate surface area is 163 Å². The molecule has 1 aromatic heterocycles. The van der Waals surface area contributed by atoms with Crippen molar-refractivity contribution >= 4 is 17.7 Å². The first-order valence-electron chi connectivity index (χ1n) is 9.67. The van der Waals surface area contributed by atoms with Crippen molar-refractivity contribution in [3.8, 4) is 17.0 Å². The molecule has 0 spiro atoms. The van der Waals surface area contributed by atoms with Gasteiger partial charge in [-0.15, -0.1) is 0 Å². The van der Waals surface area contributed by atoms with Crippen molar-refractivity contribution in [3.05, 3.63) is 36.0 Å². The number of carbonyl (C=O) groups is 1. The van der Waals surface area contributed by atoms with Crippen LogP contribution in [0.3, 0.4) is 0 Å². The molecule has 7 heteroatoms. The van der Waals surface area contributed by atoms with Crippen molar-refractivity contribution in [2.75, 3.05) is 24.6 Å². The Balaban J connectivity index is 1.32. The predicted octanol–water partition coefficient (Wildman–Crippen LogP) is 2.87. The molecule has 2 saturated heterocycles. The number of hydrogen-bond acceptors (Lipinski definition) is 5. The summed E-state index contributed by atoms with van der Waals surface area (Å²) in [5.41, 5.74) is 1.62. The number of benzene rings is 1. The number of nitrogens with zero attached hydrogens (tertiary/aromatic N) is 2. The number of hydrogen-bond donors (Lipinski definition) is 3. The van der Waals surface area contributed by atoms with Crippen LogP contribution in [0.2, 0.25) is 0 Å². The molecular formula is C20H26N4O2S. The minimum atomic E-state index is -0.128. The fourth-order valence-electron chi connectivity index (χ4n) is 3.99. The summed E-state index contributed by atoms with van der Waals surface area (Å²) >= 11 is 2.06. The van der Waals surface area contributed by atoms with Gasteiger partial charge in [-0.2, -0.15) is 16.9 Å². The zero-order valence-electron chi connectivity index (χ0n) is 15.4. The van der Waals surface area contributed by atoms with Gasteiger partial charge in [-0.25, -0.2) is 0 Å².